The lowest BCUT2D eigenvalue weighted by Crippen LogP contribution is -2.30. The highest BCUT2D eigenvalue weighted by atomic mass is 16.6. The lowest BCUT2D eigenvalue weighted by molar-refractivity contribution is -0.150. The van der Waals surface area contributed by atoms with Crippen LogP contribution in [0.15, 0.2) is 35.5 Å². The Balaban J connectivity index is 1.94. The average Bonchev–Trinajstić information content (AvgIpc) is 2.78. The second-order valence-electron chi connectivity index (χ2n) is 4.32. The van der Waals surface area contributed by atoms with E-state index in [0.29, 0.717) is 13.0 Å². The van der Waals surface area contributed by atoms with Crippen molar-refractivity contribution in [3.05, 3.63) is 35.9 Å². The number of hydrogen-bond acceptors (Lipinski definition) is 4. The van der Waals surface area contributed by atoms with Gasteiger partial charge in [0.1, 0.15) is 18.6 Å². The van der Waals surface area contributed by atoms with E-state index in [2.05, 4.69) is 5.16 Å². The van der Waals surface area contributed by atoms with Crippen molar-refractivity contribution in [1.82, 2.24) is 0 Å². The van der Waals surface area contributed by atoms with Crippen molar-refractivity contribution < 1.29 is 14.4 Å². The van der Waals surface area contributed by atoms with Crippen LogP contribution in [0.1, 0.15) is 25.8 Å². The number of carbonyl (C=O) groups excluding carboxylic acids is 1. The molecule has 0 saturated heterocycles. The molecule has 2 atom stereocenters. The molecule has 0 fully saturated rings. The van der Waals surface area contributed by atoms with Gasteiger partial charge in [-0.25, -0.2) is 0 Å². The van der Waals surface area contributed by atoms with Crippen LogP contribution >= 0.6 is 0 Å². The molecule has 0 amide bonds. The van der Waals surface area contributed by atoms with Gasteiger partial charge in [-0.3, -0.25) is 4.79 Å². The Kier molecular flexibility index (Phi) is 3.97. The lowest BCUT2D eigenvalue weighted by atomic mass is 9.97. The smallest absolute Gasteiger partial charge is 0.319 e. The fourth-order valence-electron chi connectivity index (χ4n) is 1.97. The van der Waals surface area contributed by atoms with Crippen molar-refractivity contribution in [3.63, 3.8) is 0 Å². The number of esters is 1. The summed E-state index contributed by atoms with van der Waals surface area (Å²) in [7, 11) is 0. The maximum Gasteiger partial charge on any atom is 0.319 e. The van der Waals surface area contributed by atoms with Crippen LogP contribution in [0.25, 0.3) is 0 Å². The van der Waals surface area contributed by atoms with Gasteiger partial charge in [0.05, 0.1) is 5.71 Å². The molecule has 1 aromatic rings. The van der Waals surface area contributed by atoms with Crippen LogP contribution in [0.2, 0.25) is 0 Å². The average molecular weight is 247 g/mol. The number of carbonyl (C=O) groups is 1. The normalized spacial score (nSPS) is 22.2. The summed E-state index contributed by atoms with van der Waals surface area (Å²) >= 11 is 0. The first-order valence-electron chi connectivity index (χ1n) is 6.15. The van der Waals surface area contributed by atoms with Gasteiger partial charge in [-0.1, -0.05) is 42.4 Å². The predicted octanol–water partition coefficient (Wildman–Crippen LogP) is 2.53. The largest absolute Gasteiger partial charge is 0.460 e. The molecule has 0 aliphatic carbocycles. The molecule has 0 radical (unpaired) electrons. The zero-order chi connectivity index (χ0) is 13.0. The molecule has 1 aliphatic heterocycles. The van der Waals surface area contributed by atoms with Crippen LogP contribution in [0.4, 0.5) is 0 Å². The molecule has 4 nitrogen and oxygen atoms in total. The number of oxime groups is 1. The SMILES string of the molecule is CCC1=NOC(C)C1C(=O)OCc1ccccc1. The zero-order valence-electron chi connectivity index (χ0n) is 10.6. The third-order valence-electron chi connectivity index (χ3n) is 3.00. The molecule has 1 heterocycles. The summed E-state index contributed by atoms with van der Waals surface area (Å²) in [6, 6.07) is 9.63. The lowest BCUT2D eigenvalue weighted by Gasteiger charge is -2.14. The Labute approximate surface area is 107 Å². The van der Waals surface area contributed by atoms with Crippen molar-refractivity contribution in [2.45, 2.75) is 33.0 Å². The summed E-state index contributed by atoms with van der Waals surface area (Å²) < 4.78 is 5.31. The van der Waals surface area contributed by atoms with Gasteiger partial charge in [-0.2, -0.15) is 0 Å². The molecule has 2 unspecified atom stereocenters. The first-order chi connectivity index (χ1) is 8.72. The summed E-state index contributed by atoms with van der Waals surface area (Å²) in [5, 5.41) is 3.91. The van der Waals surface area contributed by atoms with Crippen molar-refractivity contribution in [3.8, 4) is 0 Å². The van der Waals surface area contributed by atoms with E-state index in [0.717, 1.165) is 11.3 Å². The minimum absolute atomic E-state index is 0.233. The van der Waals surface area contributed by atoms with E-state index >= 15 is 0 Å². The molecule has 96 valence electrons. The highest BCUT2D eigenvalue weighted by Gasteiger charge is 2.37. The van der Waals surface area contributed by atoms with Gasteiger partial charge in [-0.15, -0.1) is 0 Å². The minimum Gasteiger partial charge on any atom is -0.460 e. The van der Waals surface area contributed by atoms with E-state index < -0.39 is 0 Å². The molecule has 2 rings (SSSR count). The predicted molar refractivity (Wildman–Crippen MR) is 68.0 cm³/mol. The number of rotatable bonds is 4. The highest BCUT2D eigenvalue weighted by Crippen LogP contribution is 2.22. The molecule has 0 bridgehead atoms. The number of ether oxygens (including phenoxy) is 1. The minimum atomic E-state index is -0.362. The molecular formula is C14H17NO3. The Bertz CT molecular complexity index is 442. The zero-order valence-corrected chi connectivity index (χ0v) is 10.6. The highest BCUT2D eigenvalue weighted by molar-refractivity contribution is 6.03. The first kappa shape index (κ1) is 12.6. The molecule has 0 N–H and O–H groups in total. The van der Waals surface area contributed by atoms with Gasteiger partial charge >= 0.3 is 5.97 Å². The Morgan fingerprint density at radius 2 is 2.11 bits per heavy atom. The summed E-state index contributed by atoms with van der Waals surface area (Å²) in [4.78, 5) is 17.1. The maximum absolute atomic E-state index is 12.0. The molecule has 0 spiro atoms. The molecule has 4 heteroatoms. The molecular weight excluding hydrogens is 230 g/mol. The van der Waals surface area contributed by atoms with E-state index in [4.69, 9.17) is 9.57 Å². The fraction of sp³-hybridized carbons (Fsp3) is 0.429. The quantitative estimate of drug-likeness (QED) is 0.768. The first-order valence-corrected chi connectivity index (χ1v) is 6.15. The van der Waals surface area contributed by atoms with Gasteiger partial charge in [0, 0.05) is 0 Å². The molecule has 0 aromatic heterocycles. The van der Waals surface area contributed by atoms with Crippen molar-refractivity contribution >= 4 is 11.7 Å². The van der Waals surface area contributed by atoms with Crippen molar-refractivity contribution in [2.24, 2.45) is 11.1 Å². The Morgan fingerprint density at radius 1 is 1.39 bits per heavy atom. The summed E-state index contributed by atoms with van der Waals surface area (Å²) in [5.41, 5.74) is 1.74. The third kappa shape index (κ3) is 2.70. The van der Waals surface area contributed by atoms with Gasteiger partial charge < -0.3 is 9.57 Å². The molecule has 1 aliphatic rings. The van der Waals surface area contributed by atoms with E-state index in [1.165, 1.54) is 0 Å². The van der Waals surface area contributed by atoms with Gasteiger partial charge in [0.2, 0.25) is 0 Å². The van der Waals surface area contributed by atoms with Crippen molar-refractivity contribution in [1.29, 1.82) is 0 Å². The van der Waals surface area contributed by atoms with Crippen LogP contribution < -0.4 is 0 Å². The van der Waals surface area contributed by atoms with Crippen LogP contribution in [0.3, 0.4) is 0 Å². The molecule has 1 aromatic carbocycles. The Morgan fingerprint density at radius 3 is 2.78 bits per heavy atom. The second-order valence-corrected chi connectivity index (χ2v) is 4.32. The maximum atomic E-state index is 12.0. The van der Waals surface area contributed by atoms with Crippen LogP contribution in [0.5, 0.6) is 0 Å². The number of benzene rings is 1. The monoisotopic (exact) mass is 247 g/mol. The number of nitrogens with zero attached hydrogens (tertiary/aromatic N) is 1. The summed E-state index contributed by atoms with van der Waals surface area (Å²) in [5.74, 6) is -0.622. The van der Waals surface area contributed by atoms with Gasteiger partial charge in [0.25, 0.3) is 0 Å². The Hall–Kier alpha value is -1.84. The van der Waals surface area contributed by atoms with Crippen LogP contribution in [-0.2, 0) is 21.0 Å². The van der Waals surface area contributed by atoms with E-state index in [9.17, 15) is 4.79 Å². The second kappa shape index (κ2) is 5.67. The van der Waals surface area contributed by atoms with Crippen LogP contribution in [-0.4, -0.2) is 17.8 Å². The third-order valence-corrected chi connectivity index (χ3v) is 3.00. The molecule has 0 saturated carbocycles. The fourth-order valence-corrected chi connectivity index (χ4v) is 1.97. The summed E-state index contributed by atoms with van der Waals surface area (Å²) in [6.07, 6.45) is 0.471. The summed E-state index contributed by atoms with van der Waals surface area (Å²) in [6.45, 7) is 4.08. The van der Waals surface area contributed by atoms with Gasteiger partial charge in [-0.05, 0) is 18.9 Å². The molecule has 18 heavy (non-hydrogen) atoms. The van der Waals surface area contributed by atoms with Crippen LogP contribution in [0, 0.1) is 5.92 Å². The van der Waals surface area contributed by atoms with Gasteiger partial charge in [0.15, 0.2) is 0 Å². The van der Waals surface area contributed by atoms with Crippen molar-refractivity contribution in [2.75, 3.05) is 0 Å². The number of hydrogen-bond donors (Lipinski definition) is 0. The van der Waals surface area contributed by atoms with E-state index in [1.807, 2.05) is 44.2 Å². The standard InChI is InChI=1S/C14H17NO3/c1-3-12-13(10(2)18-15-12)14(16)17-9-11-7-5-4-6-8-11/h4-8,10,13H,3,9H2,1-2H3. The van der Waals surface area contributed by atoms with E-state index in [1.54, 1.807) is 0 Å². The van der Waals surface area contributed by atoms with E-state index in [-0.39, 0.29) is 18.0 Å². The topological polar surface area (TPSA) is 47.9 Å².